The summed E-state index contributed by atoms with van der Waals surface area (Å²) < 4.78 is 35.8. The Bertz CT molecular complexity index is 1150. The number of aliphatic hydroxyl groups is 1. The van der Waals surface area contributed by atoms with Crippen LogP contribution in [0.4, 0.5) is 0 Å². The number of hydrogen-bond donors (Lipinski definition) is 1. The smallest absolute Gasteiger partial charge is 0.340 e. The molecule has 1 aromatic rings. The van der Waals surface area contributed by atoms with Gasteiger partial charge in [-0.2, -0.15) is 0 Å². The number of hydrogen-bond acceptors (Lipinski definition) is 9. The lowest BCUT2D eigenvalue weighted by Gasteiger charge is -2.36. The zero-order valence-corrected chi connectivity index (χ0v) is 29.4. The Morgan fingerprint density at radius 1 is 0.957 bits per heavy atom. The maximum atomic E-state index is 14.2. The first-order chi connectivity index (χ1) is 21.6. The van der Waals surface area contributed by atoms with Crippen molar-refractivity contribution in [3.05, 3.63) is 42.0 Å². The van der Waals surface area contributed by atoms with Gasteiger partial charge in [0.2, 0.25) is 0 Å². The zero-order chi connectivity index (χ0) is 34.2. The van der Waals surface area contributed by atoms with Crippen molar-refractivity contribution in [1.82, 2.24) is 0 Å². The molecule has 5 atom stereocenters. The number of carbonyl (C=O) groups excluding carboxylic acids is 2. The summed E-state index contributed by atoms with van der Waals surface area (Å²) in [5.74, 6) is -3.61. The summed E-state index contributed by atoms with van der Waals surface area (Å²) in [6, 6.07) is 7.49. The van der Waals surface area contributed by atoms with Crippen LogP contribution in [0.15, 0.2) is 36.4 Å². The highest BCUT2D eigenvalue weighted by atomic mass is 16.8. The van der Waals surface area contributed by atoms with E-state index in [1.165, 1.54) is 25.7 Å². The summed E-state index contributed by atoms with van der Waals surface area (Å²) in [6.07, 6.45) is 7.42. The van der Waals surface area contributed by atoms with Crippen LogP contribution in [0.5, 0.6) is 5.75 Å². The quantitative estimate of drug-likeness (QED) is 0.111. The zero-order valence-electron chi connectivity index (χ0n) is 29.4. The summed E-state index contributed by atoms with van der Waals surface area (Å²) in [7, 11) is 1.61. The topological polar surface area (TPSA) is 110 Å². The Hall–Kier alpha value is -2.46. The molecule has 0 radical (unpaired) electrons. The number of carbonyl (C=O) groups is 2. The van der Waals surface area contributed by atoms with Gasteiger partial charge >= 0.3 is 11.9 Å². The van der Waals surface area contributed by atoms with Crippen LogP contribution < -0.4 is 4.74 Å². The molecular weight excluding hydrogens is 588 g/mol. The second kappa shape index (κ2) is 16.1. The Balaban J connectivity index is 1.86. The number of ether oxygens (including phenoxy) is 6. The van der Waals surface area contributed by atoms with Crippen molar-refractivity contribution in [3.8, 4) is 5.75 Å². The minimum Gasteiger partial charge on any atom is -0.497 e. The van der Waals surface area contributed by atoms with Gasteiger partial charge < -0.3 is 33.5 Å². The van der Waals surface area contributed by atoms with Crippen molar-refractivity contribution in [3.63, 3.8) is 0 Å². The van der Waals surface area contributed by atoms with Crippen molar-refractivity contribution >= 4 is 11.9 Å². The van der Waals surface area contributed by atoms with Gasteiger partial charge in [0, 0.05) is 18.8 Å². The van der Waals surface area contributed by atoms with Crippen LogP contribution in [0.25, 0.3) is 0 Å². The van der Waals surface area contributed by atoms with E-state index in [4.69, 9.17) is 28.4 Å². The molecule has 3 rings (SSSR count). The van der Waals surface area contributed by atoms with Gasteiger partial charge in [0.15, 0.2) is 17.7 Å². The second-order valence-corrected chi connectivity index (χ2v) is 14.7. The summed E-state index contributed by atoms with van der Waals surface area (Å²) in [4.78, 5) is 28.0. The number of esters is 2. The molecule has 2 unspecified atom stereocenters. The van der Waals surface area contributed by atoms with E-state index in [-0.39, 0.29) is 26.1 Å². The Kier molecular flexibility index (Phi) is 13.3. The minimum atomic E-state index is -1.80. The average Bonchev–Trinajstić information content (AvgIpc) is 3.42. The SMILES string of the molecule is C=C1C(CCCCCCCCC)C(O)O[C@]12C[C@H](C(=O)OC(C)(C)C)[C@@](CCOCc1ccc(OC)cc1)(C(=O)OC(C)(C)C)O2. The summed E-state index contributed by atoms with van der Waals surface area (Å²) >= 11 is 0. The summed E-state index contributed by atoms with van der Waals surface area (Å²) in [5, 5.41) is 11.1. The van der Waals surface area contributed by atoms with Crippen molar-refractivity contribution in [1.29, 1.82) is 0 Å². The summed E-state index contributed by atoms with van der Waals surface area (Å²) in [5.41, 5.74) is -2.03. The van der Waals surface area contributed by atoms with E-state index < -0.39 is 52.7 Å². The molecule has 0 bridgehead atoms. The highest BCUT2D eigenvalue weighted by molar-refractivity contribution is 5.89. The Labute approximate surface area is 276 Å². The minimum absolute atomic E-state index is 0.00110. The summed E-state index contributed by atoms with van der Waals surface area (Å²) in [6.45, 7) is 17.5. The van der Waals surface area contributed by atoms with Crippen LogP contribution in [-0.4, -0.2) is 59.6 Å². The molecule has 0 aromatic heterocycles. The number of benzene rings is 1. The molecular formula is C37H58O9. The van der Waals surface area contributed by atoms with E-state index in [0.717, 1.165) is 30.6 Å². The van der Waals surface area contributed by atoms with Crippen molar-refractivity contribution < 1.29 is 43.1 Å². The van der Waals surface area contributed by atoms with E-state index in [1.807, 2.05) is 24.3 Å². The van der Waals surface area contributed by atoms with Crippen molar-refractivity contribution in [2.75, 3.05) is 13.7 Å². The van der Waals surface area contributed by atoms with Gasteiger partial charge in [0.1, 0.15) is 22.9 Å². The van der Waals surface area contributed by atoms with Crippen LogP contribution in [0.1, 0.15) is 118 Å². The number of rotatable bonds is 16. The van der Waals surface area contributed by atoms with E-state index in [9.17, 15) is 14.7 Å². The predicted molar refractivity (Wildman–Crippen MR) is 176 cm³/mol. The van der Waals surface area contributed by atoms with Crippen molar-refractivity contribution in [2.45, 2.75) is 148 Å². The maximum Gasteiger partial charge on any atom is 0.340 e. The first-order valence-corrected chi connectivity index (χ1v) is 17.0. The first-order valence-electron chi connectivity index (χ1n) is 17.0. The van der Waals surface area contributed by atoms with E-state index in [0.29, 0.717) is 12.0 Å². The van der Waals surface area contributed by atoms with E-state index >= 15 is 0 Å². The second-order valence-electron chi connectivity index (χ2n) is 14.7. The fourth-order valence-corrected chi connectivity index (χ4v) is 6.21. The number of methoxy groups -OCH3 is 1. The monoisotopic (exact) mass is 646 g/mol. The van der Waals surface area contributed by atoms with Crippen LogP contribution in [0, 0.1) is 11.8 Å². The van der Waals surface area contributed by atoms with Crippen LogP contribution >= 0.6 is 0 Å². The molecule has 46 heavy (non-hydrogen) atoms. The normalized spacial score (nSPS) is 26.5. The first kappa shape index (κ1) is 38.0. The Morgan fingerprint density at radius 2 is 1.57 bits per heavy atom. The van der Waals surface area contributed by atoms with Gasteiger partial charge in [-0.05, 0) is 71.2 Å². The standard InChI is InChI=1S/C37H58O9/c1-10-11-12-13-14-15-16-17-29-26(2)37(44-31(29)38)24-30(32(39)43-34(3,4)5)36(46-37,33(40)45-35(6,7)8)22-23-42-25-27-18-20-28(41-9)21-19-27/h18-21,29-31,38H,2,10-17,22-25H2,1,3-9H3/t29?,30-,31?,36+,37+/m1/s1. The largest absolute Gasteiger partial charge is 0.497 e. The molecule has 1 spiro atoms. The lowest BCUT2D eigenvalue weighted by molar-refractivity contribution is -0.268. The van der Waals surface area contributed by atoms with E-state index in [2.05, 4.69) is 13.5 Å². The van der Waals surface area contributed by atoms with E-state index in [1.54, 1.807) is 48.7 Å². The maximum absolute atomic E-state index is 14.2. The predicted octanol–water partition coefficient (Wildman–Crippen LogP) is 7.42. The lowest BCUT2D eigenvalue weighted by atomic mass is 9.81. The highest BCUT2D eigenvalue weighted by Crippen LogP contribution is 2.56. The molecule has 2 aliphatic heterocycles. The molecule has 260 valence electrons. The van der Waals surface area contributed by atoms with Gasteiger partial charge in [-0.15, -0.1) is 0 Å². The van der Waals surface area contributed by atoms with Gasteiger partial charge in [0.05, 0.1) is 20.3 Å². The fourth-order valence-electron chi connectivity index (χ4n) is 6.21. The lowest BCUT2D eigenvalue weighted by Crippen LogP contribution is -2.52. The van der Waals surface area contributed by atoms with Crippen LogP contribution in [0.2, 0.25) is 0 Å². The third kappa shape index (κ3) is 10.0. The van der Waals surface area contributed by atoms with Crippen LogP contribution in [0.3, 0.4) is 0 Å². The van der Waals surface area contributed by atoms with Gasteiger partial charge in [0.25, 0.3) is 0 Å². The number of aliphatic hydroxyl groups excluding tert-OH is 1. The molecule has 2 aliphatic rings. The molecule has 2 fully saturated rings. The van der Waals surface area contributed by atoms with Gasteiger partial charge in [-0.25, -0.2) is 4.79 Å². The van der Waals surface area contributed by atoms with Gasteiger partial charge in [-0.3, -0.25) is 4.79 Å². The molecule has 0 aliphatic carbocycles. The fraction of sp³-hybridized carbons (Fsp3) is 0.730. The van der Waals surface area contributed by atoms with Crippen LogP contribution in [-0.2, 0) is 39.9 Å². The molecule has 0 amide bonds. The molecule has 9 heteroatoms. The molecule has 1 N–H and O–H groups in total. The third-order valence-corrected chi connectivity index (χ3v) is 8.57. The van der Waals surface area contributed by atoms with Crippen molar-refractivity contribution in [2.24, 2.45) is 11.8 Å². The molecule has 2 saturated heterocycles. The highest BCUT2D eigenvalue weighted by Gasteiger charge is 2.69. The molecule has 9 nitrogen and oxygen atoms in total. The van der Waals surface area contributed by atoms with Gasteiger partial charge in [-0.1, -0.05) is 70.6 Å². The number of unbranched alkanes of at least 4 members (excludes halogenated alkanes) is 6. The molecule has 0 saturated carbocycles. The average molecular weight is 647 g/mol. The third-order valence-electron chi connectivity index (χ3n) is 8.57. The molecule has 1 aromatic carbocycles. The molecule has 2 heterocycles. The Morgan fingerprint density at radius 3 is 2.15 bits per heavy atom.